The van der Waals surface area contributed by atoms with Crippen molar-refractivity contribution in [1.29, 1.82) is 0 Å². The number of amides is 1. The molecule has 1 aromatic carbocycles. The number of likely N-dealkylation sites (tertiary alicyclic amines) is 1. The van der Waals surface area contributed by atoms with E-state index >= 15 is 0 Å². The molecule has 1 saturated heterocycles. The van der Waals surface area contributed by atoms with E-state index in [0.29, 0.717) is 19.0 Å². The van der Waals surface area contributed by atoms with Gasteiger partial charge in [-0.05, 0) is 25.0 Å². The molecule has 110 valence electrons. The highest BCUT2D eigenvalue weighted by Crippen LogP contribution is 2.28. The predicted octanol–water partition coefficient (Wildman–Crippen LogP) is 2.73. The summed E-state index contributed by atoms with van der Waals surface area (Å²) in [7, 11) is 0. The van der Waals surface area contributed by atoms with Crippen LogP contribution in [0.2, 0.25) is 0 Å². The lowest BCUT2D eigenvalue weighted by Crippen LogP contribution is -2.38. The molecule has 7 heteroatoms. The van der Waals surface area contributed by atoms with Crippen molar-refractivity contribution in [2.75, 3.05) is 13.1 Å². The van der Waals surface area contributed by atoms with Crippen molar-refractivity contribution in [3.05, 3.63) is 36.0 Å². The van der Waals surface area contributed by atoms with Crippen molar-refractivity contribution in [3.63, 3.8) is 0 Å². The first-order chi connectivity index (χ1) is 10.1. The summed E-state index contributed by atoms with van der Waals surface area (Å²) in [5, 5.41) is 12.8. The van der Waals surface area contributed by atoms with Crippen molar-refractivity contribution in [2.24, 2.45) is 0 Å². The Morgan fingerprint density at radius 3 is 3.00 bits per heavy atom. The molecular formula is C14H14FN3O3. The number of hydrogen-bond donors (Lipinski definition) is 1. The fourth-order valence-electron chi connectivity index (χ4n) is 2.51. The molecular weight excluding hydrogens is 277 g/mol. The third-order valence-corrected chi connectivity index (χ3v) is 3.60. The molecule has 0 aliphatic carbocycles. The molecule has 0 unspecified atom stereocenters. The number of aromatic nitrogens is 2. The van der Waals surface area contributed by atoms with Crippen LogP contribution in [0.3, 0.4) is 0 Å². The van der Waals surface area contributed by atoms with Crippen LogP contribution in [0.15, 0.2) is 28.8 Å². The van der Waals surface area contributed by atoms with Gasteiger partial charge in [0, 0.05) is 13.1 Å². The number of carboxylic acid groups (broad SMARTS) is 1. The Hall–Kier alpha value is -2.44. The highest BCUT2D eigenvalue weighted by Gasteiger charge is 2.28. The quantitative estimate of drug-likeness (QED) is 0.920. The molecule has 1 N–H and O–H groups in total. The maximum Gasteiger partial charge on any atom is 0.407 e. The van der Waals surface area contributed by atoms with Gasteiger partial charge in [0.25, 0.3) is 0 Å². The van der Waals surface area contributed by atoms with E-state index in [1.807, 2.05) is 0 Å². The van der Waals surface area contributed by atoms with Crippen molar-refractivity contribution < 1.29 is 18.8 Å². The van der Waals surface area contributed by atoms with Gasteiger partial charge in [0.05, 0.1) is 11.5 Å². The highest BCUT2D eigenvalue weighted by molar-refractivity contribution is 5.65. The zero-order valence-corrected chi connectivity index (χ0v) is 11.2. The van der Waals surface area contributed by atoms with Crippen LogP contribution in [0, 0.1) is 5.82 Å². The minimum absolute atomic E-state index is 0.136. The van der Waals surface area contributed by atoms with Crippen LogP contribution in [0.1, 0.15) is 24.7 Å². The summed E-state index contributed by atoms with van der Waals surface area (Å²) in [6.07, 6.45) is 0.574. The Morgan fingerprint density at radius 2 is 2.24 bits per heavy atom. The fraction of sp³-hybridized carbons (Fsp3) is 0.357. The molecule has 1 amide bonds. The first-order valence-corrected chi connectivity index (χ1v) is 6.71. The molecule has 1 aliphatic heterocycles. The molecule has 1 atom stereocenters. The van der Waals surface area contributed by atoms with Crippen molar-refractivity contribution in [1.82, 2.24) is 15.0 Å². The SMILES string of the molecule is O=C(O)N1CCC[C@H](c2nc(-c3ccccc3F)no2)C1. The topological polar surface area (TPSA) is 79.5 Å². The molecule has 1 aliphatic rings. The number of halogens is 1. The molecule has 1 fully saturated rings. The Kier molecular flexibility index (Phi) is 3.55. The maximum atomic E-state index is 13.7. The maximum absolute atomic E-state index is 13.7. The minimum atomic E-state index is -0.950. The van der Waals surface area contributed by atoms with Crippen molar-refractivity contribution >= 4 is 6.09 Å². The summed E-state index contributed by atoms with van der Waals surface area (Å²) in [4.78, 5) is 16.6. The van der Waals surface area contributed by atoms with Gasteiger partial charge in [-0.25, -0.2) is 9.18 Å². The van der Waals surface area contributed by atoms with Gasteiger partial charge in [-0.15, -0.1) is 0 Å². The van der Waals surface area contributed by atoms with Crippen LogP contribution < -0.4 is 0 Å². The zero-order valence-electron chi connectivity index (χ0n) is 11.2. The molecule has 0 spiro atoms. The third kappa shape index (κ3) is 2.72. The van der Waals surface area contributed by atoms with E-state index in [2.05, 4.69) is 10.1 Å². The van der Waals surface area contributed by atoms with Gasteiger partial charge in [0.1, 0.15) is 5.82 Å². The van der Waals surface area contributed by atoms with E-state index in [1.165, 1.54) is 11.0 Å². The number of rotatable bonds is 2. The number of hydrogen-bond acceptors (Lipinski definition) is 4. The van der Waals surface area contributed by atoms with Crippen LogP contribution in [0.25, 0.3) is 11.4 Å². The summed E-state index contributed by atoms with van der Waals surface area (Å²) >= 11 is 0. The van der Waals surface area contributed by atoms with Crippen molar-refractivity contribution in [3.8, 4) is 11.4 Å². The van der Waals surface area contributed by atoms with Gasteiger partial charge >= 0.3 is 6.09 Å². The third-order valence-electron chi connectivity index (χ3n) is 3.60. The van der Waals surface area contributed by atoms with Gasteiger partial charge in [-0.2, -0.15) is 4.98 Å². The molecule has 0 radical (unpaired) electrons. The second-order valence-electron chi connectivity index (χ2n) is 5.00. The summed E-state index contributed by atoms with van der Waals surface area (Å²) in [6.45, 7) is 0.842. The Bertz CT molecular complexity index is 658. The Morgan fingerprint density at radius 1 is 1.43 bits per heavy atom. The lowest BCUT2D eigenvalue weighted by atomic mass is 9.98. The normalized spacial score (nSPS) is 18.7. The van der Waals surface area contributed by atoms with E-state index in [4.69, 9.17) is 9.63 Å². The van der Waals surface area contributed by atoms with Crippen LogP contribution >= 0.6 is 0 Å². The summed E-state index contributed by atoms with van der Waals surface area (Å²) in [5.74, 6) is -0.00159. The first kappa shape index (κ1) is 13.5. The van der Waals surface area contributed by atoms with Crippen LogP contribution in [0.4, 0.5) is 9.18 Å². The lowest BCUT2D eigenvalue weighted by Gasteiger charge is -2.28. The van der Waals surface area contributed by atoms with E-state index in [9.17, 15) is 9.18 Å². The second kappa shape index (κ2) is 5.51. The Balaban J connectivity index is 1.82. The van der Waals surface area contributed by atoms with E-state index in [-0.39, 0.29) is 17.3 Å². The Labute approximate surface area is 120 Å². The number of carbonyl (C=O) groups is 1. The zero-order chi connectivity index (χ0) is 14.8. The van der Waals surface area contributed by atoms with Crippen LogP contribution in [0.5, 0.6) is 0 Å². The minimum Gasteiger partial charge on any atom is -0.465 e. The van der Waals surface area contributed by atoms with Gasteiger partial charge < -0.3 is 14.5 Å². The lowest BCUT2D eigenvalue weighted by molar-refractivity contribution is 0.126. The van der Waals surface area contributed by atoms with Crippen LogP contribution in [-0.4, -0.2) is 39.3 Å². The summed E-state index contributed by atoms with van der Waals surface area (Å²) in [5.41, 5.74) is 0.276. The monoisotopic (exact) mass is 291 g/mol. The molecule has 21 heavy (non-hydrogen) atoms. The van der Waals surface area contributed by atoms with Gasteiger partial charge in [-0.1, -0.05) is 17.3 Å². The van der Waals surface area contributed by atoms with Crippen molar-refractivity contribution in [2.45, 2.75) is 18.8 Å². The number of nitrogens with zero attached hydrogens (tertiary/aromatic N) is 3. The van der Waals surface area contributed by atoms with Crippen LogP contribution in [-0.2, 0) is 0 Å². The van der Waals surface area contributed by atoms with E-state index < -0.39 is 11.9 Å². The molecule has 0 saturated carbocycles. The van der Waals surface area contributed by atoms with Gasteiger partial charge in [0.2, 0.25) is 11.7 Å². The van der Waals surface area contributed by atoms with Gasteiger partial charge in [-0.3, -0.25) is 0 Å². The molecule has 6 nitrogen and oxygen atoms in total. The molecule has 1 aromatic heterocycles. The molecule has 0 bridgehead atoms. The average molecular weight is 291 g/mol. The van der Waals surface area contributed by atoms with Gasteiger partial charge in [0.15, 0.2) is 0 Å². The smallest absolute Gasteiger partial charge is 0.407 e. The standard InChI is InChI=1S/C14H14FN3O3/c15-11-6-2-1-5-10(11)12-16-13(21-17-12)9-4-3-7-18(8-9)14(19)20/h1-2,5-6,9H,3-4,7-8H2,(H,19,20)/t9-/m0/s1. The second-order valence-corrected chi connectivity index (χ2v) is 5.00. The highest BCUT2D eigenvalue weighted by atomic mass is 19.1. The first-order valence-electron chi connectivity index (χ1n) is 6.71. The molecule has 2 heterocycles. The molecule has 2 aromatic rings. The average Bonchev–Trinajstić information content (AvgIpc) is 2.97. The summed E-state index contributed by atoms with van der Waals surface area (Å²) < 4.78 is 18.9. The number of piperidine rings is 1. The largest absolute Gasteiger partial charge is 0.465 e. The van der Waals surface area contributed by atoms with E-state index in [1.54, 1.807) is 18.2 Å². The number of benzene rings is 1. The summed E-state index contributed by atoms with van der Waals surface area (Å²) in [6, 6.07) is 6.19. The molecule has 3 rings (SSSR count). The predicted molar refractivity (Wildman–Crippen MR) is 71.3 cm³/mol. The fourth-order valence-corrected chi connectivity index (χ4v) is 2.51. The van der Waals surface area contributed by atoms with E-state index in [0.717, 1.165) is 12.8 Å².